The van der Waals surface area contributed by atoms with Crippen LogP contribution in [0.5, 0.6) is 17.2 Å². The van der Waals surface area contributed by atoms with Crippen LogP contribution in [-0.2, 0) is 4.79 Å². The van der Waals surface area contributed by atoms with Crippen molar-refractivity contribution in [1.82, 2.24) is 24.7 Å². The number of methoxy groups -OCH3 is 3. The highest BCUT2D eigenvalue weighted by Gasteiger charge is 2.34. The van der Waals surface area contributed by atoms with Gasteiger partial charge in [0.05, 0.1) is 38.8 Å². The van der Waals surface area contributed by atoms with Gasteiger partial charge in [0.15, 0.2) is 17.3 Å². The maximum atomic E-state index is 13.5. The Balaban J connectivity index is 1.61. The van der Waals surface area contributed by atoms with Crippen molar-refractivity contribution in [1.29, 1.82) is 0 Å². The Morgan fingerprint density at radius 2 is 1.73 bits per heavy atom. The number of carbonyl (C=O) groups is 1. The van der Waals surface area contributed by atoms with Crippen molar-refractivity contribution in [3.8, 4) is 28.6 Å². The van der Waals surface area contributed by atoms with Crippen molar-refractivity contribution in [2.45, 2.75) is 13.0 Å². The summed E-state index contributed by atoms with van der Waals surface area (Å²) in [5.41, 5.74) is 3.22. The summed E-state index contributed by atoms with van der Waals surface area (Å²) >= 11 is 0. The molecule has 1 aromatic carbocycles. The Kier molecular flexibility index (Phi) is 6.42. The fraction of sp³-hybridized carbons (Fsp3) is 0.192. The second kappa shape index (κ2) is 9.97. The van der Waals surface area contributed by atoms with Gasteiger partial charge >= 0.3 is 0 Å². The number of nitrogens with one attached hydrogen (secondary N) is 2. The minimum Gasteiger partial charge on any atom is -0.493 e. The van der Waals surface area contributed by atoms with E-state index in [-0.39, 0.29) is 5.91 Å². The van der Waals surface area contributed by atoms with Gasteiger partial charge < -0.3 is 24.8 Å². The number of carbonyl (C=O) groups excluding carboxylic acids is 1. The van der Waals surface area contributed by atoms with Crippen LogP contribution in [0.4, 0.5) is 11.6 Å². The summed E-state index contributed by atoms with van der Waals surface area (Å²) in [4.78, 5) is 26.5. The quantitative estimate of drug-likeness (QED) is 0.392. The van der Waals surface area contributed by atoms with Crippen molar-refractivity contribution in [2.24, 2.45) is 0 Å². The summed E-state index contributed by atoms with van der Waals surface area (Å²) in [7, 11) is 4.64. The Bertz CT molecular complexity index is 1440. The first-order valence-electron chi connectivity index (χ1n) is 11.4. The van der Waals surface area contributed by atoms with E-state index in [0.29, 0.717) is 51.5 Å². The molecule has 0 bridgehead atoms. The number of fused-ring (bicyclic) bond motifs is 1. The van der Waals surface area contributed by atoms with E-state index in [4.69, 9.17) is 24.3 Å². The van der Waals surface area contributed by atoms with E-state index in [0.717, 1.165) is 5.56 Å². The fourth-order valence-electron chi connectivity index (χ4n) is 4.27. The third-order valence-corrected chi connectivity index (χ3v) is 5.96. The lowest BCUT2D eigenvalue weighted by molar-refractivity contribution is -0.113. The topological polar surface area (TPSA) is 125 Å². The predicted molar refractivity (Wildman–Crippen MR) is 137 cm³/mol. The van der Waals surface area contributed by atoms with Gasteiger partial charge in [0, 0.05) is 29.9 Å². The number of amides is 1. The summed E-state index contributed by atoms with van der Waals surface area (Å²) in [5, 5.41) is 11.0. The number of ether oxygens (including phenoxy) is 3. The first kappa shape index (κ1) is 23.8. The van der Waals surface area contributed by atoms with Crippen molar-refractivity contribution in [2.75, 3.05) is 32.0 Å². The van der Waals surface area contributed by atoms with Crippen LogP contribution in [-0.4, -0.2) is 52.0 Å². The van der Waals surface area contributed by atoms with Crippen LogP contribution in [0.15, 0.2) is 72.5 Å². The molecular formula is C26H25N7O4. The SMILES string of the molecule is COc1cc(-c2nc3n(n2)C(c2ccncc2)C(C(=O)Nc2cccnc2)=C(C)N3)cc(OC)c1OC. The molecule has 4 aromatic rings. The van der Waals surface area contributed by atoms with Crippen molar-refractivity contribution < 1.29 is 19.0 Å². The minimum atomic E-state index is -0.556. The molecule has 11 heteroatoms. The zero-order chi connectivity index (χ0) is 25.9. The summed E-state index contributed by atoms with van der Waals surface area (Å²) in [6.07, 6.45) is 6.60. The highest BCUT2D eigenvalue weighted by molar-refractivity contribution is 6.05. The van der Waals surface area contributed by atoms with Crippen molar-refractivity contribution in [3.05, 3.63) is 78.0 Å². The largest absolute Gasteiger partial charge is 0.493 e. The number of aromatic nitrogens is 5. The zero-order valence-electron chi connectivity index (χ0n) is 20.7. The molecule has 1 aliphatic heterocycles. The van der Waals surface area contributed by atoms with Crippen LogP contribution in [0.2, 0.25) is 0 Å². The lowest BCUT2D eigenvalue weighted by Crippen LogP contribution is -2.31. The standard InChI is InChI=1S/C26H25N7O4/c1-15-21(25(34)30-18-6-5-9-28-14-18)22(16-7-10-27-11-8-16)33-26(29-15)31-24(32-33)17-12-19(35-2)23(37-4)20(13-17)36-3/h5-14,22H,1-4H3,(H,30,34)(H,29,31,32). The van der Waals surface area contributed by atoms with Gasteiger partial charge in [0.2, 0.25) is 11.7 Å². The highest BCUT2D eigenvalue weighted by Crippen LogP contribution is 2.42. The molecule has 5 rings (SSSR count). The number of hydrogen-bond acceptors (Lipinski definition) is 9. The first-order valence-corrected chi connectivity index (χ1v) is 11.4. The molecule has 4 heterocycles. The number of benzene rings is 1. The van der Waals surface area contributed by atoms with Gasteiger partial charge in [-0.05, 0) is 48.9 Å². The van der Waals surface area contributed by atoms with E-state index in [1.807, 2.05) is 19.1 Å². The monoisotopic (exact) mass is 499 g/mol. The maximum Gasteiger partial charge on any atom is 0.255 e. The Morgan fingerprint density at radius 1 is 1.00 bits per heavy atom. The van der Waals surface area contributed by atoms with E-state index >= 15 is 0 Å². The van der Waals surface area contributed by atoms with Crippen LogP contribution < -0.4 is 24.8 Å². The van der Waals surface area contributed by atoms with Gasteiger partial charge in [0.25, 0.3) is 5.91 Å². The Hall–Kier alpha value is -4.93. The number of anilines is 2. The van der Waals surface area contributed by atoms with Gasteiger partial charge in [-0.1, -0.05) is 0 Å². The van der Waals surface area contributed by atoms with Crippen molar-refractivity contribution >= 4 is 17.5 Å². The summed E-state index contributed by atoms with van der Waals surface area (Å²) in [6, 6.07) is 10.2. The molecule has 1 atom stereocenters. The third kappa shape index (κ3) is 4.42. The van der Waals surface area contributed by atoms with E-state index < -0.39 is 6.04 Å². The van der Waals surface area contributed by atoms with Crippen LogP contribution >= 0.6 is 0 Å². The van der Waals surface area contributed by atoms with Crippen LogP contribution in [0.3, 0.4) is 0 Å². The molecule has 37 heavy (non-hydrogen) atoms. The lowest BCUT2D eigenvalue weighted by atomic mass is 9.96. The molecule has 11 nitrogen and oxygen atoms in total. The number of hydrogen-bond donors (Lipinski definition) is 2. The van der Waals surface area contributed by atoms with Gasteiger partial charge in [-0.15, -0.1) is 5.10 Å². The van der Waals surface area contributed by atoms with Gasteiger partial charge in [-0.25, -0.2) is 4.68 Å². The van der Waals surface area contributed by atoms with E-state index in [1.54, 1.807) is 75.1 Å². The Labute approximate surface area is 213 Å². The van der Waals surface area contributed by atoms with Gasteiger partial charge in [-0.2, -0.15) is 4.98 Å². The van der Waals surface area contributed by atoms with E-state index in [9.17, 15) is 4.79 Å². The number of pyridine rings is 2. The Morgan fingerprint density at radius 3 is 2.35 bits per heavy atom. The molecular weight excluding hydrogens is 474 g/mol. The minimum absolute atomic E-state index is 0.282. The molecule has 0 radical (unpaired) electrons. The molecule has 3 aromatic heterocycles. The average Bonchev–Trinajstić information content (AvgIpc) is 3.36. The predicted octanol–water partition coefficient (Wildman–Crippen LogP) is 3.69. The molecule has 2 N–H and O–H groups in total. The lowest BCUT2D eigenvalue weighted by Gasteiger charge is -2.28. The summed E-state index contributed by atoms with van der Waals surface area (Å²) in [6.45, 7) is 1.84. The van der Waals surface area contributed by atoms with Crippen LogP contribution in [0.25, 0.3) is 11.4 Å². The second-order valence-electron chi connectivity index (χ2n) is 8.16. The smallest absolute Gasteiger partial charge is 0.255 e. The molecule has 1 amide bonds. The maximum absolute atomic E-state index is 13.5. The average molecular weight is 500 g/mol. The number of nitrogens with zero attached hydrogens (tertiary/aromatic N) is 5. The molecule has 0 fully saturated rings. The van der Waals surface area contributed by atoms with Crippen molar-refractivity contribution in [3.63, 3.8) is 0 Å². The van der Waals surface area contributed by atoms with E-state index in [2.05, 4.69) is 20.6 Å². The van der Waals surface area contributed by atoms with Gasteiger partial charge in [0.1, 0.15) is 6.04 Å². The normalized spacial score (nSPS) is 14.4. The second-order valence-corrected chi connectivity index (χ2v) is 8.16. The zero-order valence-corrected chi connectivity index (χ0v) is 20.7. The molecule has 188 valence electrons. The van der Waals surface area contributed by atoms with Crippen LogP contribution in [0, 0.1) is 0 Å². The third-order valence-electron chi connectivity index (χ3n) is 5.96. The number of rotatable bonds is 7. The van der Waals surface area contributed by atoms with Gasteiger partial charge in [-0.3, -0.25) is 14.8 Å². The molecule has 1 unspecified atom stereocenters. The molecule has 1 aliphatic rings. The van der Waals surface area contributed by atoms with E-state index in [1.165, 1.54) is 0 Å². The molecule has 0 saturated heterocycles. The summed E-state index contributed by atoms with van der Waals surface area (Å²) in [5.74, 6) is 2.06. The summed E-state index contributed by atoms with van der Waals surface area (Å²) < 4.78 is 18.1. The molecule has 0 saturated carbocycles. The highest BCUT2D eigenvalue weighted by atomic mass is 16.5. The number of allylic oxidation sites excluding steroid dienone is 1. The first-order chi connectivity index (χ1) is 18.0. The van der Waals surface area contributed by atoms with Crippen LogP contribution in [0.1, 0.15) is 18.5 Å². The molecule has 0 aliphatic carbocycles. The fourth-order valence-corrected chi connectivity index (χ4v) is 4.27. The molecule has 0 spiro atoms.